The highest BCUT2D eigenvalue weighted by molar-refractivity contribution is 5.83. The van der Waals surface area contributed by atoms with E-state index in [0.29, 0.717) is 11.3 Å². The Labute approximate surface area is 98.6 Å². The molecule has 2 rings (SSSR count). The normalized spacial score (nSPS) is 34.1. The van der Waals surface area contributed by atoms with Crippen LogP contribution in [0.3, 0.4) is 0 Å². The van der Waals surface area contributed by atoms with Gasteiger partial charge in [0.15, 0.2) is 0 Å². The Balaban J connectivity index is 1.96. The van der Waals surface area contributed by atoms with E-state index in [9.17, 15) is 4.79 Å². The zero-order chi connectivity index (χ0) is 11.8. The maximum atomic E-state index is 12.4. The fourth-order valence-corrected chi connectivity index (χ4v) is 2.70. The van der Waals surface area contributed by atoms with E-state index in [1.54, 1.807) is 0 Å². The largest absolute Gasteiger partial charge is 0.342 e. The molecule has 0 aromatic heterocycles. The molecule has 0 aromatic rings. The number of nitrogens with one attached hydrogen (secondary N) is 1. The standard InChI is InChI=1S/C13H24N2O/c1-12(2)5-8-15(9-6-12)11(16)13(3)4-7-14-10-13/h14H,4-10H2,1-3H3. The van der Waals surface area contributed by atoms with Crippen LogP contribution in [0.5, 0.6) is 0 Å². The van der Waals surface area contributed by atoms with Crippen molar-refractivity contribution in [1.29, 1.82) is 0 Å². The summed E-state index contributed by atoms with van der Waals surface area (Å²) >= 11 is 0. The van der Waals surface area contributed by atoms with Crippen LogP contribution in [0.15, 0.2) is 0 Å². The Morgan fingerprint density at radius 1 is 1.12 bits per heavy atom. The van der Waals surface area contributed by atoms with Crippen LogP contribution >= 0.6 is 0 Å². The van der Waals surface area contributed by atoms with Gasteiger partial charge in [-0.2, -0.15) is 0 Å². The molecule has 0 aliphatic carbocycles. The van der Waals surface area contributed by atoms with Crippen LogP contribution < -0.4 is 5.32 Å². The molecular weight excluding hydrogens is 200 g/mol. The van der Waals surface area contributed by atoms with E-state index in [1.165, 1.54) is 0 Å². The molecule has 0 aromatic carbocycles. The van der Waals surface area contributed by atoms with E-state index >= 15 is 0 Å². The molecule has 2 saturated heterocycles. The summed E-state index contributed by atoms with van der Waals surface area (Å²) in [7, 11) is 0. The van der Waals surface area contributed by atoms with Crippen molar-refractivity contribution in [3.05, 3.63) is 0 Å². The summed E-state index contributed by atoms with van der Waals surface area (Å²) in [6.45, 7) is 10.4. The van der Waals surface area contributed by atoms with Gasteiger partial charge in [0, 0.05) is 19.6 Å². The highest BCUT2D eigenvalue weighted by Gasteiger charge is 2.40. The third-order valence-corrected chi connectivity index (χ3v) is 4.29. The second-order valence-corrected chi connectivity index (χ2v) is 6.44. The Hall–Kier alpha value is -0.570. The van der Waals surface area contributed by atoms with E-state index < -0.39 is 0 Å². The summed E-state index contributed by atoms with van der Waals surface area (Å²) in [6, 6.07) is 0. The predicted octanol–water partition coefficient (Wildman–Crippen LogP) is 1.63. The first-order chi connectivity index (χ1) is 7.43. The van der Waals surface area contributed by atoms with E-state index in [0.717, 1.165) is 45.4 Å². The van der Waals surface area contributed by atoms with Crippen LogP contribution in [-0.2, 0) is 4.79 Å². The van der Waals surface area contributed by atoms with Gasteiger partial charge in [-0.15, -0.1) is 0 Å². The minimum absolute atomic E-state index is 0.137. The van der Waals surface area contributed by atoms with Crippen molar-refractivity contribution in [2.45, 2.75) is 40.0 Å². The third-order valence-electron chi connectivity index (χ3n) is 4.29. The van der Waals surface area contributed by atoms with E-state index in [4.69, 9.17) is 0 Å². The first-order valence-corrected chi connectivity index (χ1v) is 6.43. The number of hydrogen-bond donors (Lipinski definition) is 1. The lowest BCUT2D eigenvalue weighted by molar-refractivity contribution is -0.142. The first-order valence-electron chi connectivity index (χ1n) is 6.43. The Morgan fingerprint density at radius 2 is 1.75 bits per heavy atom. The number of piperidine rings is 1. The molecule has 1 N–H and O–H groups in total. The van der Waals surface area contributed by atoms with Gasteiger partial charge >= 0.3 is 0 Å². The van der Waals surface area contributed by atoms with E-state index in [-0.39, 0.29) is 5.41 Å². The quantitative estimate of drug-likeness (QED) is 0.734. The number of amides is 1. The minimum Gasteiger partial charge on any atom is -0.342 e. The summed E-state index contributed by atoms with van der Waals surface area (Å²) in [5, 5.41) is 3.30. The molecule has 2 heterocycles. The van der Waals surface area contributed by atoms with Gasteiger partial charge in [0.05, 0.1) is 5.41 Å². The van der Waals surface area contributed by atoms with E-state index in [1.807, 2.05) is 0 Å². The van der Waals surface area contributed by atoms with Crippen LogP contribution in [-0.4, -0.2) is 37.0 Å². The molecule has 2 aliphatic heterocycles. The molecular formula is C13H24N2O. The van der Waals surface area contributed by atoms with E-state index in [2.05, 4.69) is 31.0 Å². The van der Waals surface area contributed by atoms with Gasteiger partial charge in [0.25, 0.3) is 0 Å². The highest BCUT2D eigenvalue weighted by atomic mass is 16.2. The van der Waals surface area contributed by atoms with Crippen molar-refractivity contribution in [3.8, 4) is 0 Å². The topological polar surface area (TPSA) is 32.3 Å². The van der Waals surface area contributed by atoms with Crippen molar-refractivity contribution in [2.75, 3.05) is 26.2 Å². The summed E-state index contributed by atoms with van der Waals surface area (Å²) in [4.78, 5) is 14.5. The molecule has 3 heteroatoms. The molecule has 3 nitrogen and oxygen atoms in total. The maximum Gasteiger partial charge on any atom is 0.229 e. The zero-order valence-corrected chi connectivity index (χ0v) is 10.8. The number of carbonyl (C=O) groups is 1. The number of likely N-dealkylation sites (tertiary alicyclic amines) is 1. The molecule has 2 aliphatic rings. The fraction of sp³-hybridized carbons (Fsp3) is 0.923. The molecule has 2 fully saturated rings. The third kappa shape index (κ3) is 2.24. The van der Waals surface area contributed by atoms with Crippen molar-refractivity contribution in [2.24, 2.45) is 10.8 Å². The molecule has 16 heavy (non-hydrogen) atoms. The number of rotatable bonds is 1. The van der Waals surface area contributed by atoms with Crippen molar-refractivity contribution < 1.29 is 4.79 Å². The van der Waals surface area contributed by atoms with Gasteiger partial charge in [-0.05, 0) is 38.1 Å². The minimum atomic E-state index is -0.137. The predicted molar refractivity (Wildman–Crippen MR) is 65.2 cm³/mol. The average Bonchev–Trinajstić information content (AvgIpc) is 2.66. The fourth-order valence-electron chi connectivity index (χ4n) is 2.70. The van der Waals surface area contributed by atoms with Gasteiger partial charge < -0.3 is 10.2 Å². The molecule has 1 amide bonds. The lowest BCUT2D eigenvalue weighted by Crippen LogP contribution is -2.48. The van der Waals surface area contributed by atoms with Crippen molar-refractivity contribution in [1.82, 2.24) is 10.2 Å². The number of nitrogens with zero attached hydrogens (tertiary/aromatic N) is 1. The lowest BCUT2D eigenvalue weighted by atomic mass is 9.81. The summed E-state index contributed by atoms with van der Waals surface area (Å²) < 4.78 is 0. The van der Waals surface area contributed by atoms with Gasteiger partial charge in [-0.1, -0.05) is 13.8 Å². The Bertz CT molecular complexity index is 270. The monoisotopic (exact) mass is 224 g/mol. The zero-order valence-electron chi connectivity index (χ0n) is 10.8. The molecule has 0 saturated carbocycles. The molecule has 0 spiro atoms. The second kappa shape index (κ2) is 4.02. The molecule has 1 unspecified atom stereocenters. The lowest BCUT2D eigenvalue weighted by Gasteiger charge is -2.40. The number of hydrogen-bond acceptors (Lipinski definition) is 2. The first kappa shape index (κ1) is 11.9. The molecule has 0 bridgehead atoms. The second-order valence-electron chi connectivity index (χ2n) is 6.44. The molecule has 1 atom stereocenters. The van der Waals surface area contributed by atoms with Gasteiger partial charge in [-0.25, -0.2) is 0 Å². The molecule has 0 radical (unpaired) electrons. The Kier molecular flexibility index (Phi) is 2.99. The van der Waals surface area contributed by atoms with Crippen LogP contribution in [0.4, 0.5) is 0 Å². The number of carbonyl (C=O) groups excluding carboxylic acids is 1. The van der Waals surface area contributed by atoms with Crippen molar-refractivity contribution in [3.63, 3.8) is 0 Å². The SMILES string of the molecule is CC1(C)CCN(C(=O)C2(C)CCNC2)CC1. The van der Waals surface area contributed by atoms with Gasteiger partial charge in [0.2, 0.25) is 5.91 Å². The van der Waals surface area contributed by atoms with Crippen LogP contribution in [0.25, 0.3) is 0 Å². The van der Waals surface area contributed by atoms with Crippen LogP contribution in [0, 0.1) is 10.8 Å². The summed E-state index contributed by atoms with van der Waals surface area (Å²) in [6.07, 6.45) is 3.27. The van der Waals surface area contributed by atoms with Crippen LogP contribution in [0.2, 0.25) is 0 Å². The van der Waals surface area contributed by atoms with Gasteiger partial charge in [-0.3, -0.25) is 4.79 Å². The average molecular weight is 224 g/mol. The van der Waals surface area contributed by atoms with Crippen molar-refractivity contribution >= 4 is 5.91 Å². The highest BCUT2D eigenvalue weighted by Crippen LogP contribution is 2.33. The van der Waals surface area contributed by atoms with Gasteiger partial charge in [0.1, 0.15) is 0 Å². The van der Waals surface area contributed by atoms with Crippen LogP contribution in [0.1, 0.15) is 40.0 Å². The molecule has 92 valence electrons. The smallest absolute Gasteiger partial charge is 0.229 e. The summed E-state index contributed by atoms with van der Waals surface area (Å²) in [5.41, 5.74) is 0.285. The summed E-state index contributed by atoms with van der Waals surface area (Å²) in [5.74, 6) is 0.369. The maximum absolute atomic E-state index is 12.4. The Morgan fingerprint density at radius 3 is 2.25 bits per heavy atom.